The Morgan fingerprint density at radius 3 is 2.56 bits per heavy atom. The summed E-state index contributed by atoms with van der Waals surface area (Å²) in [6.45, 7) is 4.03. The summed E-state index contributed by atoms with van der Waals surface area (Å²) >= 11 is 0. The van der Waals surface area contributed by atoms with Crippen LogP contribution in [0, 0.1) is 13.8 Å². The third-order valence-corrected chi connectivity index (χ3v) is 2.56. The molecule has 1 aromatic heterocycles. The van der Waals surface area contributed by atoms with Gasteiger partial charge in [0.05, 0.1) is 17.6 Å². The van der Waals surface area contributed by atoms with Crippen molar-refractivity contribution in [1.29, 1.82) is 0 Å². The lowest BCUT2D eigenvalue weighted by molar-refractivity contribution is 0.808. The van der Waals surface area contributed by atoms with Gasteiger partial charge in [-0.15, -0.1) is 0 Å². The van der Waals surface area contributed by atoms with Crippen LogP contribution >= 0.6 is 0 Å². The van der Waals surface area contributed by atoms with E-state index in [0.29, 0.717) is 5.69 Å². The average Bonchev–Trinajstić information content (AvgIpc) is 2.22. The van der Waals surface area contributed by atoms with E-state index in [0.717, 1.165) is 11.3 Å². The number of aromatic nitrogens is 2. The lowest BCUT2D eigenvalue weighted by atomic mass is 10.1. The van der Waals surface area contributed by atoms with Crippen LogP contribution in [0.25, 0.3) is 5.69 Å². The highest BCUT2D eigenvalue weighted by molar-refractivity contribution is 5.40. The van der Waals surface area contributed by atoms with Gasteiger partial charge in [-0.3, -0.25) is 4.79 Å². The van der Waals surface area contributed by atoms with Crippen LogP contribution in [-0.2, 0) is 0 Å². The minimum atomic E-state index is -0.219. The van der Waals surface area contributed by atoms with Gasteiger partial charge in [-0.2, -0.15) is 9.78 Å². The smallest absolute Gasteiger partial charge is 0.273 e. The van der Waals surface area contributed by atoms with Crippen molar-refractivity contribution in [2.24, 2.45) is 0 Å². The number of nitrogens with two attached hydrogens (primary N) is 1. The summed E-state index contributed by atoms with van der Waals surface area (Å²) in [5.74, 6) is 0. The lowest BCUT2D eigenvalue weighted by Gasteiger charge is -2.06. The second-order valence-corrected chi connectivity index (χ2v) is 3.81. The van der Waals surface area contributed by atoms with E-state index in [-0.39, 0.29) is 5.56 Å². The molecule has 0 aliphatic rings. The zero-order valence-electron chi connectivity index (χ0n) is 9.27. The standard InChI is InChI=1S/C12H13N3O/c1-8-3-4-11(5-9(8)2)15-12(16)6-10(13)7-14-15/h3-7H,13H2,1-2H3. The fraction of sp³-hybridized carbons (Fsp3) is 0.167. The summed E-state index contributed by atoms with van der Waals surface area (Å²) in [4.78, 5) is 11.7. The molecule has 2 aromatic rings. The van der Waals surface area contributed by atoms with Crippen LogP contribution in [0.2, 0.25) is 0 Å². The molecule has 0 atom stereocenters. The number of nitrogens with zero attached hydrogens (tertiary/aromatic N) is 2. The minimum absolute atomic E-state index is 0.219. The number of rotatable bonds is 1. The van der Waals surface area contributed by atoms with Crippen molar-refractivity contribution in [2.75, 3.05) is 5.73 Å². The summed E-state index contributed by atoms with van der Waals surface area (Å²) < 4.78 is 1.34. The lowest BCUT2D eigenvalue weighted by Crippen LogP contribution is -2.20. The SMILES string of the molecule is Cc1ccc(-n2ncc(N)cc2=O)cc1C. The van der Waals surface area contributed by atoms with Crippen LogP contribution in [0.3, 0.4) is 0 Å². The summed E-state index contributed by atoms with van der Waals surface area (Å²) in [6.07, 6.45) is 1.47. The van der Waals surface area contributed by atoms with Crippen molar-refractivity contribution in [2.45, 2.75) is 13.8 Å². The average molecular weight is 215 g/mol. The van der Waals surface area contributed by atoms with Gasteiger partial charge in [0.15, 0.2) is 0 Å². The zero-order valence-corrected chi connectivity index (χ0v) is 9.27. The Morgan fingerprint density at radius 2 is 1.94 bits per heavy atom. The molecule has 0 fully saturated rings. The molecule has 2 N–H and O–H groups in total. The highest BCUT2D eigenvalue weighted by atomic mass is 16.1. The van der Waals surface area contributed by atoms with Gasteiger partial charge >= 0.3 is 0 Å². The second-order valence-electron chi connectivity index (χ2n) is 3.81. The molecule has 0 spiro atoms. The molecule has 2 rings (SSSR count). The molecule has 0 bridgehead atoms. The van der Waals surface area contributed by atoms with Crippen LogP contribution in [0.1, 0.15) is 11.1 Å². The van der Waals surface area contributed by atoms with Gasteiger partial charge < -0.3 is 5.73 Å². The van der Waals surface area contributed by atoms with E-state index < -0.39 is 0 Å². The first-order valence-corrected chi connectivity index (χ1v) is 5.00. The largest absolute Gasteiger partial charge is 0.397 e. The third-order valence-electron chi connectivity index (χ3n) is 2.56. The number of benzene rings is 1. The molecular weight excluding hydrogens is 202 g/mol. The Kier molecular flexibility index (Phi) is 2.48. The number of anilines is 1. The van der Waals surface area contributed by atoms with Crippen LogP contribution in [0.5, 0.6) is 0 Å². The highest BCUT2D eigenvalue weighted by Crippen LogP contribution is 2.11. The van der Waals surface area contributed by atoms with E-state index in [1.807, 2.05) is 32.0 Å². The van der Waals surface area contributed by atoms with Crippen molar-refractivity contribution in [3.05, 3.63) is 51.9 Å². The molecule has 0 aliphatic heterocycles. The Labute approximate surface area is 93.3 Å². The zero-order chi connectivity index (χ0) is 11.7. The summed E-state index contributed by atoms with van der Waals surface area (Å²) in [7, 11) is 0. The molecule has 0 saturated heterocycles. The number of aryl methyl sites for hydroxylation is 2. The third kappa shape index (κ3) is 1.82. The number of nitrogen functional groups attached to an aromatic ring is 1. The topological polar surface area (TPSA) is 60.9 Å². The quantitative estimate of drug-likeness (QED) is 0.782. The summed E-state index contributed by atoms with van der Waals surface area (Å²) in [5, 5.41) is 4.00. The van der Waals surface area contributed by atoms with Gasteiger partial charge in [-0.25, -0.2) is 0 Å². The predicted octanol–water partition coefficient (Wildman–Crippen LogP) is 1.43. The van der Waals surface area contributed by atoms with Crippen LogP contribution in [0.4, 0.5) is 5.69 Å². The minimum Gasteiger partial charge on any atom is -0.397 e. The first-order valence-electron chi connectivity index (χ1n) is 5.00. The van der Waals surface area contributed by atoms with Gasteiger partial charge in [0, 0.05) is 6.07 Å². The molecule has 0 amide bonds. The molecule has 16 heavy (non-hydrogen) atoms. The molecular formula is C12H13N3O. The second kappa shape index (κ2) is 3.81. The van der Waals surface area contributed by atoms with Gasteiger partial charge in [0.25, 0.3) is 5.56 Å². The van der Waals surface area contributed by atoms with Crippen molar-refractivity contribution >= 4 is 5.69 Å². The van der Waals surface area contributed by atoms with E-state index >= 15 is 0 Å². The first-order chi connectivity index (χ1) is 7.58. The Bertz CT molecular complexity index is 587. The summed E-state index contributed by atoms with van der Waals surface area (Å²) in [6, 6.07) is 7.13. The fourth-order valence-electron chi connectivity index (χ4n) is 1.47. The van der Waals surface area contributed by atoms with Gasteiger partial charge in [-0.05, 0) is 37.1 Å². The Hall–Kier alpha value is -2.10. The van der Waals surface area contributed by atoms with E-state index in [4.69, 9.17) is 5.73 Å². The van der Waals surface area contributed by atoms with Gasteiger partial charge in [0.1, 0.15) is 0 Å². The maximum atomic E-state index is 11.7. The van der Waals surface area contributed by atoms with E-state index in [1.54, 1.807) is 0 Å². The van der Waals surface area contributed by atoms with Crippen molar-refractivity contribution in [3.63, 3.8) is 0 Å². The van der Waals surface area contributed by atoms with Gasteiger partial charge in [-0.1, -0.05) is 6.07 Å². The van der Waals surface area contributed by atoms with E-state index in [2.05, 4.69) is 5.10 Å². The fourth-order valence-corrected chi connectivity index (χ4v) is 1.47. The molecule has 1 aromatic carbocycles. The van der Waals surface area contributed by atoms with Crippen LogP contribution in [0.15, 0.2) is 35.3 Å². The molecule has 0 saturated carbocycles. The molecule has 82 valence electrons. The van der Waals surface area contributed by atoms with E-state index in [1.165, 1.54) is 22.5 Å². The number of hydrogen-bond acceptors (Lipinski definition) is 3. The molecule has 4 nitrogen and oxygen atoms in total. The van der Waals surface area contributed by atoms with Crippen molar-refractivity contribution < 1.29 is 0 Å². The Morgan fingerprint density at radius 1 is 1.19 bits per heavy atom. The number of hydrogen-bond donors (Lipinski definition) is 1. The van der Waals surface area contributed by atoms with Crippen LogP contribution < -0.4 is 11.3 Å². The Balaban J connectivity index is 2.59. The maximum absolute atomic E-state index is 11.7. The molecule has 1 heterocycles. The van der Waals surface area contributed by atoms with Crippen molar-refractivity contribution in [1.82, 2.24) is 9.78 Å². The maximum Gasteiger partial charge on any atom is 0.273 e. The predicted molar refractivity (Wildman–Crippen MR) is 63.7 cm³/mol. The molecule has 0 aliphatic carbocycles. The molecule has 0 unspecified atom stereocenters. The van der Waals surface area contributed by atoms with Gasteiger partial charge in [0.2, 0.25) is 0 Å². The highest BCUT2D eigenvalue weighted by Gasteiger charge is 2.02. The van der Waals surface area contributed by atoms with Crippen LogP contribution in [-0.4, -0.2) is 9.78 Å². The van der Waals surface area contributed by atoms with E-state index in [9.17, 15) is 4.79 Å². The summed E-state index contributed by atoms with van der Waals surface area (Å²) in [5.41, 5.74) is 8.72. The molecule has 0 radical (unpaired) electrons. The normalized spacial score (nSPS) is 10.4. The molecule has 4 heteroatoms. The first kappa shape index (κ1) is 10.4. The monoisotopic (exact) mass is 215 g/mol. The van der Waals surface area contributed by atoms with Crippen molar-refractivity contribution in [3.8, 4) is 5.69 Å².